The van der Waals surface area contributed by atoms with Crippen molar-refractivity contribution in [2.45, 2.75) is 6.92 Å². The second kappa shape index (κ2) is 5.01. The molecule has 0 aliphatic carbocycles. The Morgan fingerprint density at radius 2 is 1.78 bits per heavy atom. The molecule has 92 valence electrons. The van der Waals surface area contributed by atoms with Gasteiger partial charge in [-0.2, -0.15) is 0 Å². The molecule has 2 aromatic carbocycles. The minimum absolute atomic E-state index is 0.196. The van der Waals surface area contributed by atoms with Crippen molar-refractivity contribution >= 4 is 34.7 Å². The highest BCUT2D eigenvalue weighted by molar-refractivity contribution is 6.37. The summed E-state index contributed by atoms with van der Waals surface area (Å²) in [6.45, 7) is 1.90. The van der Waals surface area contributed by atoms with E-state index in [9.17, 15) is 4.79 Å². The molecule has 0 atom stereocenters. The number of aryl methyl sites for hydroxylation is 1. The van der Waals surface area contributed by atoms with E-state index in [1.54, 1.807) is 30.3 Å². The maximum absolute atomic E-state index is 12.3. The normalized spacial score (nSPS) is 10.4. The summed E-state index contributed by atoms with van der Waals surface area (Å²) in [4.78, 5) is 12.3. The molecule has 0 aliphatic heterocycles. The van der Waals surface area contributed by atoms with Gasteiger partial charge in [0.1, 0.15) is 0 Å². The topological polar surface area (TPSA) is 43.1 Å². The number of hydrogen-bond acceptors (Lipinski definition) is 2. The number of anilines is 1. The molecule has 2 N–H and O–H groups in total. The van der Waals surface area contributed by atoms with Crippen LogP contribution in [-0.2, 0) is 0 Å². The van der Waals surface area contributed by atoms with Crippen LogP contribution in [0.15, 0.2) is 36.4 Å². The van der Waals surface area contributed by atoms with Gasteiger partial charge >= 0.3 is 0 Å². The third-order valence-corrected chi connectivity index (χ3v) is 3.18. The zero-order valence-corrected chi connectivity index (χ0v) is 11.2. The van der Waals surface area contributed by atoms with Crippen LogP contribution in [-0.4, -0.2) is 5.78 Å². The SMILES string of the molecule is Cc1ccc(N)c(C(=O)c2ccc(Cl)cc2Cl)c1. The van der Waals surface area contributed by atoms with Crippen molar-refractivity contribution in [2.75, 3.05) is 5.73 Å². The van der Waals surface area contributed by atoms with Crippen LogP contribution in [0.25, 0.3) is 0 Å². The van der Waals surface area contributed by atoms with E-state index in [1.807, 2.05) is 13.0 Å². The maximum Gasteiger partial charge on any atom is 0.196 e. The summed E-state index contributed by atoms with van der Waals surface area (Å²) in [6, 6.07) is 10.1. The molecule has 18 heavy (non-hydrogen) atoms. The fourth-order valence-corrected chi connectivity index (χ4v) is 2.18. The van der Waals surface area contributed by atoms with Crippen molar-refractivity contribution in [3.63, 3.8) is 0 Å². The summed E-state index contributed by atoms with van der Waals surface area (Å²) in [5, 5.41) is 0.821. The van der Waals surface area contributed by atoms with E-state index < -0.39 is 0 Å². The smallest absolute Gasteiger partial charge is 0.196 e. The van der Waals surface area contributed by atoms with Crippen LogP contribution in [0.5, 0.6) is 0 Å². The highest BCUT2D eigenvalue weighted by Gasteiger charge is 2.15. The molecule has 4 heteroatoms. The van der Waals surface area contributed by atoms with E-state index in [0.29, 0.717) is 26.9 Å². The average molecular weight is 280 g/mol. The van der Waals surface area contributed by atoms with Gasteiger partial charge in [-0.15, -0.1) is 0 Å². The number of benzene rings is 2. The van der Waals surface area contributed by atoms with Gasteiger partial charge in [0.25, 0.3) is 0 Å². The number of rotatable bonds is 2. The van der Waals surface area contributed by atoms with Gasteiger partial charge in [-0.1, -0.05) is 34.8 Å². The highest BCUT2D eigenvalue weighted by Crippen LogP contribution is 2.25. The molecule has 0 saturated heterocycles. The molecule has 2 nitrogen and oxygen atoms in total. The first-order chi connectivity index (χ1) is 8.49. The molecule has 0 amide bonds. The molecule has 0 saturated carbocycles. The molecule has 0 spiro atoms. The molecule has 0 aromatic heterocycles. The van der Waals surface area contributed by atoms with Crippen molar-refractivity contribution in [3.05, 3.63) is 63.1 Å². The van der Waals surface area contributed by atoms with Crippen molar-refractivity contribution in [1.29, 1.82) is 0 Å². The second-order valence-electron chi connectivity index (χ2n) is 4.04. The van der Waals surface area contributed by atoms with Crippen LogP contribution in [0.2, 0.25) is 10.0 Å². The third-order valence-electron chi connectivity index (χ3n) is 2.63. The largest absolute Gasteiger partial charge is 0.398 e. The molecule has 0 aliphatic rings. The minimum atomic E-state index is -0.196. The Balaban J connectivity index is 2.51. The zero-order chi connectivity index (χ0) is 13.3. The first-order valence-electron chi connectivity index (χ1n) is 5.35. The summed E-state index contributed by atoms with van der Waals surface area (Å²) < 4.78 is 0. The number of halogens is 2. The molecule has 0 unspecified atom stereocenters. The van der Waals surface area contributed by atoms with E-state index >= 15 is 0 Å². The Morgan fingerprint density at radius 1 is 1.06 bits per heavy atom. The van der Waals surface area contributed by atoms with Gasteiger partial charge in [0, 0.05) is 21.8 Å². The van der Waals surface area contributed by atoms with Crippen LogP contribution >= 0.6 is 23.2 Å². The summed E-state index contributed by atoms with van der Waals surface area (Å²) in [5.41, 5.74) is 8.09. The summed E-state index contributed by atoms with van der Waals surface area (Å²) in [6.07, 6.45) is 0. The molecule has 0 bridgehead atoms. The fraction of sp³-hybridized carbons (Fsp3) is 0.0714. The van der Waals surface area contributed by atoms with Gasteiger partial charge in [-0.05, 0) is 37.3 Å². The second-order valence-corrected chi connectivity index (χ2v) is 4.89. The minimum Gasteiger partial charge on any atom is -0.398 e. The van der Waals surface area contributed by atoms with Crippen molar-refractivity contribution in [2.24, 2.45) is 0 Å². The Kier molecular flexibility index (Phi) is 3.60. The quantitative estimate of drug-likeness (QED) is 0.664. The van der Waals surface area contributed by atoms with Crippen LogP contribution in [0.1, 0.15) is 21.5 Å². The van der Waals surface area contributed by atoms with E-state index in [4.69, 9.17) is 28.9 Å². The molecule has 0 heterocycles. The standard InChI is InChI=1S/C14H11Cl2NO/c1-8-2-5-13(17)11(6-8)14(18)10-4-3-9(15)7-12(10)16/h2-7H,17H2,1H3. The van der Waals surface area contributed by atoms with Crippen molar-refractivity contribution < 1.29 is 4.79 Å². The molecular formula is C14H11Cl2NO. The maximum atomic E-state index is 12.3. The van der Waals surface area contributed by atoms with E-state index in [0.717, 1.165) is 5.56 Å². The number of nitrogen functional groups attached to an aromatic ring is 1. The zero-order valence-electron chi connectivity index (χ0n) is 9.71. The predicted octanol–water partition coefficient (Wildman–Crippen LogP) is 4.12. The summed E-state index contributed by atoms with van der Waals surface area (Å²) in [7, 11) is 0. The van der Waals surface area contributed by atoms with Crippen molar-refractivity contribution in [1.82, 2.24) is 0 Å². The van der Waals surface area contributed by atoms with E-state index in [1.165, 1.54) is 0 Å². The first kappa shape index (κ1) is 12.9. The van der Waals surface area contributed by atoms with Crippen LogP contribution in [0.3, 0.4) is 0 Å². The van der Waals surface area contributed by atoms with Gasteiger partial charge < -0.3 is 5.73 Å². The van der Waals surface area contributed by atoms with Gasteiger partial charge in [0.15, 0.2) is 5.78 Å². The van der Waals surface area contributed by atoms with Crippen LogP contribution in [0.4, 0.5) is 5.69 Å². The average Bonchev–Trinajstić information content (AvgIpc) is 2.31. The van der Waals surface area contributed by atoms with Gasteiger partial charge in [0.2, 0.25) is 0 Å². The first-order valence-corrected chi connectivity index (χ1v) is 6.10. The number of hydrogen-bond donors (Lipinski definition) is 1. The van der Waals surface area contributed by atoms with Crippen LogP contribution < -0.4 is 5.73 Å². The van der Waals surface area contributed by atoms with Crippen molar-refractivity contribution in [3.8, 4) is 0 Å². The Bertz CT molecular complexity index is 623. The molecule has 2 aromatic rings. The Morgan fingerprint density at radius 3 is 2.44 bits per heavy atom. The Hall–Kier alpha value is -1.51. The third kappa shape index (κ3) is 2.50. The van der Waals surface area contributed by atoms with E-state index in [2.05, 4.69) is 0 Å². The van der Waals surface area contributed by atoms with Gasteiger partial charge in [0.05, 0.1) is 5.02 Å². The monoisotopic (exact) mass is 279 g/mol. The van der Waals surface area contributed by atoms with Gasteiger partial charge in [-0.25, -0.2) is 0 Å². The Labute approximate surface area is 115 Å². The fourth-order valence-electron chi connectivity index (χ4n) is 1.69. The molecule has 2 rings (SSSR count). The number of nitrogens with two attached hydrogens (primary N) is 1. The lowest BCUT2D eigenvalue weighted by molar-refractivity contribution is 0.103. The van der Waals surface area contributed by atoms with E-state index in [-0.39, 0.29) is 5.78 Å². The molecule has 0 radical (unpaired) electrons. The number of carbonyl (C=O) groups is 1. The lowest BCUT2D eigenvalue weighted by Gasteiger charge is -2.07. The molecular weight excluding hydrogens is 269 g/mol. The number of carbonyl (C=O) groups excluding carboxylic acids is 1. The van der Waals surface area contributed by atoms with Crippen LogP contribution in [0, 0.1) is 6.92 Å². The lowest BCUT2D eigenvalue weighted by Crippen LogP contribution is -2.06. The summed E-state index contributed by atoms with van der Waals surface area (Å²) in [5.74, 6) is -0.196. The summed E-state index contributed by atoms with van der Waals surface area (Å²) >= 11 is 11.8. The number of ketones is 1. The molecule has 0 fully saturated rings. The van der Waals surface area contributed by atoms with Gasteiger partial charge in [-0.3, -0.25) is 4.79 Å². The highest BCUT2D eigenvalue weighted by atomic mass is 35.5. The lowest BCUT2D eigenvalue weighted by atomic mass is 10.00. The predicted molar refractivity (Wildman–Crippen MR) is 75.5 cm³/mol.